The number of nitrogens with zero attached hydrogens (tertiary/aromatic N) is 2. The highest BCUT2D eigenvalue weighted by molar-refractivity contribution is 6.31. The third-order valence-electron chi connectivity index (χ3n) is 4.10. The van der Waals surface area contributed by atoms with Crippen LogP contribution in [-0.4, -0.2) is 9.55 Å². The van der Waals surface area contributed by atoms with Crippen molar-refractivity contribution in [3.63, 3.8) is 0 Å². The van der Waals surface area contributed by atoms with Crippen molar-refractivity contribution in [3.05, 3.63) is 88.2 Å². The van der Waals surface area contributed by atoms with E-state index in [4.69, 9.17) is 28.2 Å². The Morgan fingerprint density at radius 1 is 0.920 bits per heavy atom. The molecule has 0 N–H and O–H groups in total. The van der Waals surface area contributed by atoms with E-state index in [-0.39, 0.29) is 5.02 Å². The minimum absolute atomic E-state index is 0.117. The smallest absolute Gasteiger partial charge is 0.146 e. The van der Waals surface area contributed by atoms with Crippen molar-refractivity contribution in [1.82, 2.24) is 9.55 Å². The summed E-state index contributed by atoms with van der Waals surface area (Å²) in [5.41, 5.74) is 3.13. The molecule has 3 aromatic carbocycles. The predicted octanol–water partition coefficient (Wildman–Crippen LogP) is 6.20. The van der Waals surface area contributed by atoms with Crippen LogP contribution in [0.3, 0.4) is 0 Å². The van der Waals surface area contributed by atoms with Crippen LogP contribution >= 0.6 is 23.2 Å². The van der Waals surface area contributed by atoms with E-state index in [9.17, 15) is 4.39 Å². The summed E-state index contributed by atoms with van der Waals surface area (Å²) < 4.78 is 16.4. The molecule has 1 heterocycles. The zero-order valence-corrected chi connectivity index (χ0v) is 14.6. The second kappa shape index (κ2) is 6.51. The molecule has 0 aliphatic heterocycles. The van der Waals surface area contributed by atoms with E-state index in [1.165, 1.54) is 0 Å². The van der Waals surface area contributed by atoms with Crippen molar-refractivity contribution in [2.24, 2.45) is 0 Å². The Morgan fingerprint density at radius 2 is 1.72 bits per heavy atom. The molecule has 0 amide bonds. The average Bonchev–Trinajstić information content (AvgIpc) is 2.97. The maximum absolute atomic E-state index is 14.4. The lowest BCUT2D eigenvalue weighted by molar-refractivity contribution is 0.602. The van der Waals surface area contributed by atoms with Crippen molar-refractivity contribution in [2.45, 2.75) is 6.54 Å². The molecule has 0 aliphatic rings. The lowest BCUT2D eigenvalue weighted by Gasteiger charge is -2.11. The van der Waals surface area contributed by atoms with Gasteiger partial charge in [0.1, 0.15) is 11.6 Å². The highest BCUT2D eigenvalue weighted by Crippen LogP contribution is 2.29. The number of hydrogen-bond donors (Lipinski definition) is 0. The highest BCUT2D eigenvalue weighted by Gasteiger charge is 2.15. The van der Waals surface area contributed by atoms with Crippen molar-refractivity contribution in [1.29, 1.82) is 0 Å². The van der Waals surface area contributed by atoms with Crippen LogP contribution in [0.25, 0.3) is 22.4 Å². The molecule has 5 heteroatoms. The first-order chi connectivity index (χ1) is 12.1. The van der Waals surface area contributed by atoms with Gasteiger partial charge in [0.15, 0.2) is 0 Å². The summed E-state index contributed by atoms with van der Waals surface area (Å²) in [5.74, 6) is 0.358. The number of hydrogen-bond acceptors (Lipinski definition) is 1. The summed E-state index contributed by atoms with van der Waals surface area (Å²) in [4.78, 5) is 4.72. The topological polar surface area (TPSA) is 17.8 Å². The Balaban J connectivity index is 1.93. The SMILES string of the molecule is Fc1c(Cl)cccc1Cn1c(-c2ccccc2)nc2cc(Cl)ccc21. The number of benzene rings is 3. The summed E-state index contributed by atoms with van der Waals surface area (Å²) in [5, 5.41) is 0.733. The fraction of sp³-hybridized carbons (Fsp3) is 0.0500. The van der Waals surface area contributed by atoms with Crippen LogP contribution in [0.5, 0.6) is 0 Å². The Bertz CT molecular complexity index is 1060. The van der Waals surface area contributed by atoms with E-state index in [0.717, 1.165) is 22.4 Å². The lowest BCUT2D eigenvalue weighted by atomic mass is 10.2. The van der Waals surface area contributed by atoms with Crippen molar-refractivity contribution in [3.8, 4) is 11.4 Å². The van der Waals surface area contributed by atoms with Gasteiger partial charge >= 0.3 is 0 Å². The molecule has 25 heavy (non-hydrogen) atoms. The van der Waals surface area contributed by atoms with Gasteiger partial charge in [0, 0.05) is 16.1 Å². The van der Waals surface area contributed by atoms with Crippen LogP contribution in [0.2, 0.25) is 10.0 Å². The molecule has 0 radical (unpaired) electrons. The van der Waals surface area contributed by atoms with Gasteiger partial charge in [-0.25, -0.2) is 9.37 Å². The minimum Gasteiger partial charge on any atom is -0.319 e. The number of imidazole rings is 1. The summed E-state index contributed by atoms with van der Waals surface area (Å²) in [6.45, 7) is 0.328. The summed E-state index contributed by atoms with van der Waals surface area (Å²) in [6.07, 6.45) is 0. The van der Waals surface area contributed by atoms with Gasteiger partial charge in [-0.15, -0.1) is 0 Å². The molecule has 0 unspecified atom stereocenters. The maximum atomic E-state index is 14.4. The number of fused-ring (bicyclic) bond motifs is 1. The zero-order valence-electron chi connectivity index (χ0n) is 13.1. The molecule has 4 aromatic rings. The first-order valence-electron chi connectivity index (χ1n) is 7.77. The molecule has 0 saturated carbocycles. The van der Waals surface area contributed by atoms with Crippen LogP contribution < -0.4 is 0 Å². The second-order valence-electron chi connectivity index (χ2n) is 5.73. The molecule has 0 atom stereocenters. The van der Waals surface area contributed by atoms with Crippen LogP contribution in [-0.2, 0) is 6.54 Å². The van der Waals surface area contributed by atoms with Crippen molar-refractivity contribution in [2.75, 3.05) is 0 Å². The van der Waals surface area contributed by atoms with Crippen LogP contribution in [0.1, 0.15) is 5.56 Å². The third kappa shape index (κ3) is 3.01. The molecule has 0 saturated heterocycles. The molecule has 0 fully saturated rings. The van der Waals surface area contributed by atoms with Crippen LogP contribution in [0.4, 0.5) is 4.39 Å². The molecular weight excluding hydrogens is 358 g/mol. The quantitative estimate of drug-likeness (QED) is 0.419. The van der Waals surface area contributed by atoms with Gasteiger partial charge < -0.3 is 4.57 Å². The predicted molar refractivity (Wildman–Crippen MR) is 101 cm³/mol. The molecule has 124 valence electrons. The van der Waals surface area contributed by atoms with Gasteiger partial charge in [0.2, 0.25) is 0 Å². The highest BCUT2D eigenvalue weighted by atomic mass is 35.5. The zero-order chi connectivity index (χ0) is 17.4. The summed E-state index contributed by atoms with van der Waals surface area (Å²) in [6, 6.07) is 20.4. The molecule has 0 aliphatic carbocycles. The monoisotopic (exact) mass is 370 g/mol. The fourth-order valence-electron chi connectivity index (χ4n) is 2.91. The third-order valence-corrected chi connectivity index (χ3v) is 4.63. The Kier molecular flexibility index (Phi) is 4.20. The maximum Gasteiger partial charge on any atom is 0.146 e. The van der Waals surface area contributed by atoms with E-state index in [1.807, 2.05) is 53.1 Å². The number of rotatable bonds is 3. The molecular formula is C20H13Cl2FN2. The standard InChI is InChI=1S/C20H13Cl2FN2/c21-15-9-10-18-17(11-15)24-20(13-5-2-1-3-6-13)25(18)12-14-7-4-8-16(22)19(14)23/h1-11H,12H2. The fourth-order valence-corrected chi connectivity index (χ4v) is 3.27. The van der Waals surface area contributed by atoms with E-state index in [0.29, 0.717) is 17.1 Å². The average molecular weight is 371 g/mol. The van der Waals surface area contributed by atoms with Gasteiger partial charge in [0.05, 0.1) is 22.6 Å². The normalized spacial score (nSPS) is 11.2. The van der Waals surface area contributed by atoms with E-state index in [1.54, 1.807) is 18.2 Å². The first kappa shape index (κ1) is 16.1. The minimum atomic E-state index is -0.404. The lowest BCUT2D eigenvalue weighted by Crippen LogP contribution is -2.04. The summed E-state index contributed by atoms with van der Waals surface area (Å²) in [7, 11) is 0. The second-order valence-corrected chi connectivity index (χ2v) is 6.58. The largest absolute Gasteiger partial charge is 0.319 e. The van der Waals surface area contributed by atoms with E-state index < -0.39 is 5.82 Å². The number of aromatic nitrogens is 2. The number of halogens is 3. The molecule has 2 nitrogen and oxygen atoms in total. The van der Waals surface area contributed by atoms with Crippen molar-refractivity contribution < 1.29 is 4.39 Å². The molecule has 4 rings (SSSR count). The van der Waals surface area contributed by atoms with Crippen LogP contribution in [0, 0.1) is 5.82 Å². The Morgan fingerprint density at radius 3 is 2.52 bits per heavy atom. The summed E-state index contributed by atoms with van der Waals surface area (Å²) >= 11 is 12.0. The van der Waals surface area contributed by atoms with E-state index in [2.05, 4.69) is 0 Å². The Labute approximate surface area is 154 Å². The molecule has 0 spiro atoms. The van der Waals surface area contributed by atoms with Gasteiger partial charge in [0.25, 0.3) is 0 Å². The van der Waals surface area contributed by atoms with Gasteiger partial charge in [-0.3, -0.25) is 0 Å². The Hall–Kier alpha value is -2.36. The van der Waals surface area contributed by atoms with Gasteiger partial charge in [-0.05, 0) is 24.3 Å². The molecule has 0 bridgehead atoms. The van der Waals surface area contributed by atoms with E-state index >= 15 is 0 Å². The van der Waals surface area contributed by atoms with Crippen molar-refractivity contribution >= 4 is 34.2 Å². The first-order valence-corrected chi connectivity index (χ1v) is 8.53. The van der Waals surface area contributed by atoms with Gasteiger partial charge in [-0.1, -0.05) is 65.7 Å². The molecule has 1 aromatic heterocycles. The van der Waals surface area contributed by atoms with Crippen LogP contribution in [0.15, 0.2) is 66.7 Å². The van der Waals surface area contributed by atoms with Gasteiger partial charge in [-0.2, -0.15) is 0 Å².